The number of hydrogen-bond acceptors (Lipinski definition) is 1. The average Bonchev–Trinajstić information content (AvgIpc) is 2.08. The number of halogens is 1. The van der Waals surface area contributed by atoms with Crippen molar-refractivity contribution >= 4 is 22.1 Å². The minimum absolute atomic E-state index is 0.934. The second kappa shape index (κ2) is 4.05. The molecule has 1 aromatic rings. The summed E-state index contributed by atoms with van der Waals surface area (Å²) in [4.78, 5) is 4.32. The molecule has 2 rings (SSSR count). The predicted molar refractivity (Wildman–Crippen MR) is 59.5 cm³/mol. The highest BCUT2D eigenvalue weighted by molar-refractivity contribution is 9.10. The molecule has 0 spiro atoms. The maximum atomic E-state index is 4.32. The van der Waals surface area contributed by atoms with E-state index in [1.165, 1.54) is 15.6 Å². The minimum Gasteiger partial charge on any atom is -0.297 e. The van der Waals surface area contributed by atoms with Crippen molar-refractivity contribution in [3.8, 4) is 0 Å². The summed E-state index contributed by atoms with van der Waals surface area (Å²) < 4.78 is 1.18. The van der Waals surface area contributed by atoms with Crippen LogP contribution >= 0.6 is 15.9 Å². The van der Waals surface area contributed by atoms with Crippen LogP contribution < -0.4 is 0 Å². The van der Waals surface area contributed by atoms with E-state index >= 15 is 0 Å². The van der Waals surface area contributed by atoms with Gasteiger partial charge >= 0.3 is 0 Å². The fourth-order valence-electron chi connectivity index (χ4n) is 1.66. The number of aliphatic imine (C=N–C) groups is 1. The average molecular weight is 238 g/mol. The van der Waals surface area contributed by atoms with Crippen LogP contribution in [0.1, 0.15) is 17.5 Å². The highest BCUT2D eigenvalue weighted by Crippen LogP contribution is 2.19. The third kappa shape index (κ3) is 2.19. The van der Waals surface area contributed by atoms with Gasteiger partial charge in [-0.1, -0.05) is 22.0 Å². The second-order valence-corrected chi connectivity index (χ2v) is 4.21. The van der Waals surface area contributed by atoms with Gasteiger partial charge in [-0.05, 0) is 48.7 Å². The van der Waals surface area contributed by atoms with Crippen molar-refractivity contribution < 1.29 is 0 Å². The molecule has 0 saturated carbocycles. The van der Waals surface area contributed by atoms with Crippen molar-refractivity contribution in [1.82, 2.24) is 0 Å². The van der Waals surface area contributed by atoms with Crippen LogP contribution in [0.25, 0.3) is 0 Å². The van der Waals surface area contributed by atoms with E-state index in [0.29, 0.717) is 0 Å². The first-order valence-electron chi connectivity index (χ1n) is 4.62. The van der Waals surface area contributed by atoms with Crippen molar-refractivity contribution in [2.75, 3.05) is 6.54 Å². The molecule has 68 valence electrons. The van der Waals surface area contributed by atoms with Crippen molar-refractivity contribution in [3.63, 3.8) is 0 Å². The molecule has 0 aromatic heterocycles. The summed E-state index contributed by atoms with van der Waals surface area (Å²) >= 11 is 3.50. The number of benzene rings is 1. The van der Waals surface area contributed by atoms with Gasteiger partial charge in [0.25, 0.3) is 0 Å². The third-order valence-corrected chi connectivity index (χ3v) is 2.84. The maximum Gasteiger partial charge on any atom is 0.0425 e. The zero-order chi connectivity index (χ0) is 9.10. The molecule has 1 aromatic carbocycles. The zero-order valence-corrected chi connectivity index (χ0v) is 9.05. The smallest absolute Gasteiger partial charge is 0.0425 e. The lowest BCUT2D eigenvalue weighted by Gasteiger charge is -2.10. The van der Waals surface area contributed by atoms with E-state index in [1.807, 2.05) is 6.21 Å². The summed E-state index contributed by atoms with van der Waals surface area (Å²) in [6, 6.07) is 6.56. The number of hydrogen-bond donors (Lipinski definition) is 0. The normalized spacial score (nSPS) is 16.1. The molecule has 13 heavy (non-hydrogen) atoms. The monoisotopic (exact) mass is 237 g/mol. The summed E-state index contributed by atoms with van der Waals surface area (Å²) in [7, 11) is 0. The molecule has 0 saturated heterocycles. The first-order valence-corrected chi connectivity index (χ1v) is 5.41. The molecular formula is C11H12BrN. The summed E-state index contributed by atoms with van der Waals surface area (Å²) in [5, 5.41) is 0. The molecular weight excluding hydrogens is 226 g/mol. The number of fused-ring (bicyclic) bond motifs is 1. The Hall–Kier alpha value is -0.630. The Balaban J connectivity index is 2.32. The lowest BCUT2D eigenvalue weighted by molar-refractivity contribution is 0.899. The lowest BCUT2D eigenvalue weighted by Crippen LogP contribution is -2.01. The van der Waals surface area contributed by atoms with Gasteiger partial charge in [-0.15, -0.1) is 0 Å². The molecule has 0 unspecified atom stereocenters. The first-order chi connectivity index (χ1) is 6.36. The summed E-state index contributed by atoms with van der Waals surface area (Å²) in [6.07, 6.45) is 5.33. The molecule has 0 fully saturated rings. The number of rotatable bonds is 0. The molecule has 2 heteroatoms. The Bertz CT molecular complexity index is 331. The van der Waals surface area contributed by atoms with E-state index in [0.717, 1.165) is 25.8 Å². The van der Waals surface area contributed by atoms with Crippen LogP contribution in [0, 0.1) is 0 Å². The van der Waals surface area contributed by atoms with E-state index in [1.54, 1.807) is 0 Å². The molecule has 0 atom stereocenters. The molecule has 0 N–H and O–H groups in total. The maximum absolute atomic E-state index is 4.32. The van der Waals surface area contributed by atoms with Gasteiger partial charge in [0.05, 0.1) is 0 Å². The van der Waals surface area contributed by atoms with Gasteiger partial charge in [0.2, 0.25) is 0 Å². The van der Waals surface area contributed by atoms with E-state index < -0.39 is 0 Å². The van der Waals surface area contributed by atoms with E-state index in [4.69, 9.17) is 0 Å². The molecule has 0 aliphatic carbocycles. The predicted octanol–water partition coefficient (Wildman–Crippen LogP) is 3.01. The van der Waals surface area contributed by atoms with Crippen LogP contribution in [0.5, 0.6) is 0 Å². The van der Waals surface area contributed by atoms with E-state index in [-0.39, 0.29) is 0 Å². The Morgan fingerprint density at radius 3 is 3.00 bits per heavy atom. The lowest BCUT2D eigenvalue weighted by atomic mass is 10.00. The van der Waals surface area contributed by atoms with Crippen molar-refractivity contribution in [1.29, 1.82) is 0 Å². The Morgan fingerprint density at radius 2 is 2.08 bits per heavy atom. The van der Waals surface area contributed by atoms with Gasteiger partial charge in [-0.3, -0.25) is 4.99 Å². The topological polar surface area (TPSA) is 12.4 Å². The molecule has 1 nitrogen and oxygen atoms in total. The quantitative estimate of drug-likeness (QED) is 0.658. The highest BCUT2D eigenvalue weighted by Gasteiger charge is 2.04. The summed E-state index contributed by atoms with van der Waals surface area (Å²) in [5.74, 6) is 0. The van der Waals surface area contributed by atoms with Crippen molar-refractivity contribution in [2.45, 2.75) is 19.3 Å². The number of nitrogens with zero attached hydrogens (tertiary/aromatic N) is 1. The highest BCUT2D eigenvalue weighted by atomic mass is 79.9. The molecule has 0 bridgehead atoms. The second-order valence-electron chi connectivity index (χ2n) is 3.29. The van der Waals surface area contributed by atoms with Crippen LogP contribution in [0.15, 0.2) is 27.7 Å². The zero-order valence-electron chi connectivity index (χ0n) is 7.46. The molecule has 1 aliphatic rings. The van der Waals surface area contributed by atoms with E-state index in [9.17, 15) is 0 Å². The summed E-state index contributed by atoms with van der Waals surface area (Å²) in [5.41, 5.74) is 2.93. The van der Waals surface area contributed by atoms with Gasteiger partial charge in [-0.25, -0.2) is 0 Å². The Morgan fingerprint density at radius 1 is 1.15 bits per heavy atom. The van der Waals surface area contributed by atoms with Crippen LogP contribution in [-0.4, -0.2) is 12.8 Å². The SMILES string of the molecule is Brc1ccc2c(c1)CCN=CCC2. The van der Waals surface area contributed by atoms with Crippen LogP contribution in [0.3, 0.4) is 0 Å². The standard InChI is InChI=1S/C11H12BrN/c12-11-4-3-9-2-1-6-13-7-5-10(9)8-11/h3-4,6,8H,1-2,5,7H2. The first kappa shape index (κ1) is 8.95. The fourth-order valence-corrected chi connectivity index (χ4v) is 2.07. The van der Waals surface area contributed by atoms with E-state index in [2.05, 4.69) is 39.1 Å². The molecule has 0 radical (unpaired) electrons. The third-order valence-electron chi connectivity index (χ3n) is 2.35. The minimum atomic E-state index is 0.934. The molecule has 0 amide bonds. The van der Waals surface area contributed by atoms with Gasteiger partial charge in [0.15, 0.2) is 0 Å². The Kier molecular flexibility index (Phi) is 2.79. The van der Waals surface area contributed by atoms with Crippen LogP contribution in [0.4, 0.5) is 0 Å². The van der Waals surface area contributed by atoms with Gasteiger partial charge in [0, 0.05) is 11.0 Å². The van der Waals surface area contributed by atoms with Gasteiger partial charge < -0.3 is 0 Å². The van der Waals surface area contributed by atoms with Crippen LogP contribution in [-0.2, 0) is 12.8 Å². The number of aryl methyl sites for hydroxylation is 1. The van der Waals surface area contributed by atoms with Crippen molar-refractivity contribution in [3.05, 3.63) is 33.8 Å². The summed E-state index contributed by atoms with van der Waals surface area (Å²) in [6.45, 7) is 0.934. The molecule has 1 heterocycles. The van der Waals surface area contributed by atoms with Gasteiger partial charge in [-0.2, -0.15) is 0 Å². The largest absolute Gasteiger partial charge is 0.297 e. The molecule has 1 aliphatic heterocycles. The van der Waals surface area contributed by atoms with Crippen molar-refractivity contribution in [2.24, 2.45) is 4.99 Å². The van der Waals surface area contributed by atoms with Gasteiger partial charge in [0.1, 0.15) is 0 Å². The van der Waals surface area contributed by atoms with Crippen LogP contribution in [0.2, 0.25) is 0 Å². The Labute approximate surface area is 87.0 Å². The fraction of sp³-hybridized carbons (Fsp3) is 0.364.